The summed E-state index contributed by atoms with van der Waals surface area (Å²) in [4.78, 5) is 76.9. The van der Waals surface area contributed by atoms with E-state index in [4.69, 9.17) is 19.9 Å². The van der Waals surface area contributed by atoms with Crippen LogP contribution in [0.15, 0.2) is 115 Å². The van der Waals surface area contributed by atoms with Crippen LogP contribution in [-0.2, 0) is 35.0 Å². The van der Waals surface area contributed by atoms with Crippen LogP contribution < -0.4 is 31.7 Å². The number of carbonyl (C=O) groups is 6. The van der Waals surface area contributed by atoms with Gasteiger partial charge in [0.05, 0.1) is 11.3 Å². The van der Waals surface area contributed by atoms with Crippen molar-refractivity contribution in [3.05, 3.63) is 138 Å². The van der Waals surface area contributed by atoms with Gasteiger partial charge in [-0.15, -0.1) is 11.8 Å². The SMILES string of the molecule is CC(C)(C)OC(=O)NC[C@H](NC(=O)Oc1ccc(C[C@H](NC(=O)OC(C)(C)C)C(=O)O)cc1)C(=O)N[C@@H](CSC(c1ccccc1)(c1ccccc1)c1ccccc1)C(N)=O. The number of ether oxygens (including phenoxy) is 3. The molecule has 0 aliphatic rings. The smallest absolute Gasteiger partial charge is 0.413 e. The molecule has 3 atom stereocenters. The number of nitrogens with two attached hydrogens (primary N) is 1. The van der Waals surface area contributed by atoms with Gasteiger partial charge in [0.25, 0.3) is 0 Å². The molecule has 0 unspecified atom stereocenters. The van der Waals surface area contributed by atoms with Crippen molar-refractivity contribution in [1.82, 2.24) is 21.3 Å². The molecule has 0 bridgehead atoms. The van der Waals surface area contributed by atoms with E-state index in [1.807, 2.05) is 91.0 Å². The summed E-state index contributed by atoms with van der Waals surface area (Å²) >= 11 is 1.39. The quantitative estimate of drug-likeness (QED) is 0.0688. The number of carboxylic acid groups (broad SMARTS) is 1. The van der Waals surface area contributed by atoms with E-state index in [1.54, 1.807) is 41.5 Å². The van der Waals surface area contributed by atoms with E-state index < -0.39 is 76.7 Å². The molecule has 0 aliphatic heterocycles. The Hall–Kier alpha value is -6.55. The van der Waals surface area contributed by atoms with Gasteiger partial charge in [-0.25, -0.2) is 19.2 Å². The summed E-state index contributed by atoms with van der Waals surface area (Å²) in [5.41, 5.74) is 7.45. The topological polar surface area (TPSA) is 224 Å². The monoisotopic (exact) mass is 855 g/mol. The molecule has 4 aromatic carbocycles. The number of benzene rings is 4. The first-order chi connectivity index (χ1) is 28.8. The van der Waals surface area contributed by atoms with Gasteiger partial charge < -0.3 is 46.3 Å². The van der Waals surface area contributed by atoms with E-state index in [2.05, 4.69) is 21.3 Å². The van der Waals surface area contributed by atoms with Crippen LogP contribution in [0, 0.1) is 0 Å². The lowest BCUT2D eigenvalue weighted by Gasteiger charge is -2.36. The highest BCUT2D eigenvalue weighted by atomic mass is 32.2. The number of amides is 5. The zero-order valence-electron chi connectivity index (χ0n) is 34.9. The molecule has 0 saturated carbocycles. The molecule has 4 rings (SSSR count). The van der Waals surface area contributed by atoms with Gasteiger partial charge in [-0.1, -0.05) is 103 Å². The van der Waals surface area contributed by atoms with E-state index >= 15 is 0 Å². The van der Waals surface area contributed by atoms with Crippen LogP contribution in [0.5, 0.6) is 5.75 Å². The standard InChI is InChI=1S/C45H53N5O10S/c1-43(2,3)59-40(55)47-27-35(50-41(56)58-33-24-22-29(23-25-33)26-34(39(53)54)49-42(57)60-44(4,5)6)38(52)48-36(37(46)51)28-61-45(30-16-10-7-11-17-30,31-18-12-8-13-19-31)32-20-14-9-15-21-32/h7-25,34-36H,26-28H2,1-6H3,(H2,46,51)(H,47,55)(H,48,52)(H,49,57)(H,50,56)(H,53,54)/t34-,35-,36-/m0/s1. The molecule has 0 spiro atoms. The number of carboxylic acids is 1. The highest BCUT2D eigenvalue weighted by Crippen LogP contribution is 2.48. The first-order valence-corrected chi connectivity index (χ1v) is 20.4. The minimum Gasteiger partial charge on any atom is -0.480 e. The molecule has 0 heterocycles. The van der Waals surface area contributed by atoms with Gasteiger partial charge in [0.15, 0.2) is 0 Å². The number of carbonyl (C=O) groups excluding carboxylic acids is 5. The summed E-state index contributed by atoms with van der Waals surface area (Å²) in [5.74, 6) is -2.95. The van der Waals surface area contributed by atoms with E-state index in [0.29, 0.717) is 5.56 Å². The molecule has 324 valence electrons. The van der Waals surface area contributed by atoms with Crippen molar-refractivity contribution >= 4 is 47.8 Å². The number of aliphatic carboxylic acids is 1. The average molecular weight is 856 g/mol. The zero-order valence-corrected chi connectivity index (χ0v) is 35.7. The van der Waals surface area contributed by atoms with Gasteiger partial charge in [-0.2, -0.15) is 0 Å². The number of hydrogen-bond donors (Lipinski definition) is 6. The zero-order chi connectivity index (χ0) is 44.8. The Labute approximate surface area is 359 Å². The number of hydrogen-bond acceptors (Lipinski definition) is 10. The number of primary amides is 1. The summed E-state index contributed by atoms with van der Waals surface area (Å²) in [7, 11) is 0. The predicted molar refractivity (Wildman–Crippen MR) is 231 cm³/mol. The summed E-state index contributed by atoms with van der Waals surface area (Å²) in [5, 5.41) is 19.6. The lowest BCUT2D eigenvalue weighted by molar-refractivity contribution is -0.139. The second-order valence-corrected chi connectivity index (χ2v) is 17.1. The fourth-order valence-electron chi connectivity index (χ4n) is 6.01. The molecule has 0 saturated heterocycles. The van der Waals surface area contributed by atoms with Gasteiger partial charge in [0.1, 0.15) is 35.1 Å². The molecular formula is C45H53N5O10S. The molecule has 61 heavy (non-hydrogen) atoms. The number of thioether (sulfide) groups is 1. The third kappa shape index (κ3) is 14.6. The molecule has 0 aromatic heterocycles. The van der Waals surface area contributed by atoms with Crippen LogP contribution in [-0.4, -0.2) is 82.8 Å². The average Bonchev–Trinajstić information content (AvgIpc) is 3.19. The Morgan fingerprint density at radius 1 is 0.607 bits per heavy atom. The van der Waals surface area contributed by atoms with E-state index in [1.165, 1.54) is 36.0 Å². The first kappa shape index (κ1) is 47.1. The summed E-state index contributed by atoms with van der Waals surface area (Å²) in [6.07, 6.45) is -2.95. The third-order valence-corrected chi connectivity index (χ3v) is 10.3. The van der Waals surface area contributed by atoms with Crippen LogP contribution in [0.1, 0.15) is 63.8 Å². The van der Waals surface area contributed by atoms with Crippen molar-refractivity contribution in [3.8, 4) is 5.75 Å². The maximum absolute atomic E-state index is 14.0. The van der Waals surface area contributed by atoms with Crippen LogP contribution in [0.3, 0.4) is 0 Å². The van der Waals surface area contributed by atoms with Gasteiger partial charge >= 0.3 is 24.2 Å². The number of rotatable bonds is 17. The molecule has 15 nitrogen and oxygen atoms in total. The van der Waals surface area contributed by atoms with Crippen molar-refractivity contribution in [1.29, 1.82) is 0 Å². The Balaban J connectivity index is 1.53. The molecule has 16 heteroatoms. The molecule has 4 aromatic rings. The number of nitrogens with one attached hydrogen (secondary N) is 4. The van der Waals surface area contributed by atoms with E-state index in [0.717, 1.165) is 16.7 Å². The van der Waals surface area contributed by atoms with Gasteiger partial charge in [-0.05, 0) is 75.9 Å². The Kier molecular flexibility index (Phi) is 16.3. The van der Waals surface area contributed by atoms with Crippen LogP contribution in [0.2, 0.25) is 0 Å². The normalized spacial score (nSPS) is 13.0. The van der Waals surface area contributed by atoms with E-state index in [9.17, 15) is 33.9 Å². The largest absolute Gasteiger partial charge is 0.480 e. The van der Waals surface area contributed by atoms with E-state index in [-0.39, 0.29) is 17.9 Å². The summed E-state index contributed by atoms with van der Waals surface area (Å²) in [6.45, 7) is 9.46. The van der Waals surface area contributed by atoms with Gasteiger partial charge in [-0.3, -0.25) is 9.59 Å². The fraction of sp³-hybridized carbons (Fsp3) is 0.333. The Morgan fingerprint density at radius 3 is 1.51 bits per heavy atom. The third-order valence-electron chi connectivity index (χ3n) is 8.69. The molecular weight excluding hydrogens is 803 g/mol. The molecule has 0 fully saturated rings. The molecule has 7 N–H and O–H groups in total. The van der Waals surface area contributed by atoms with Gasteiger partial charge in [0, 0.05) is 12.2 Å². The fourth-order valence-corrected chi connectivity index (χ4v) is 7.58. The molecule has 0 aliphatic carbocycles. The van der Waals surface area contributed by atoms with Crippen LogP contribution in [0.25, 0.3) is 0 Å². The van der Waals surface area contributed by atoms with Crippen molar-refractivity contribution in [2.45, 2.75) is 82.0 Å². The molecule has 0 radical (unpaired) electrons. The first-order valence-electron chi connectivity index (χ1n) is 19.4. The lowest BCUT2D eigenvalue weighted by atomic mass is 9.84. The van der Waals surface area contributed by atoms with Crippen molar-refractivity contribution in [3.63, 3.8) is 0 Å². The van der Waals surface area contributed by atoms with Crippen LogP contribution in [0.4, 0.5) is 14.4 Å². The van der Waals surface area contributed by atoms with Crippen molar-refractivity contribution in [2.75, 3.05) is 12.3 Å². The van der Waals surface area contributed by atoms with Crippen molar-refractivity contribution in [2.24, 2.45) is 5.73 Å². The summed E-state index contributed by atoms with van der Waals surface area (Å²) < 4.78 is 15.1. The van der Waals surface area contributed by atoms with Gasteiger partial charge in [0.2, 0.25) is 11.8 Å². The molecule has 5 amide bonds. The maximum Gasteiger partial charge on any atom is 0.413 e. The maximum atomic E-state index is 14.0. The Morgan fingerprint density at radius 2 is 1.07 bits per heavy atom. The van der Waals surface area contributed by atoms with Crippen molar-refractivity contribution < 1.29 is 48.1 Å². The predicted octanol–water partition coefficient (Wildman–Crippen LogP) is 5.88. The van der Waals surface area contributed by atoms with Crippen LogP contribution >= 0.6 is 11.8 Å². The minimum atomic E-state index is -1.48. The Bertz CT molecular complexity index is 2010. The second kappa shape index (κ2) is 21.1. The lowest BCUT2D eigenvalue weighted by Crippen LogP contribution is -2.57. The summed E-state index contributed by atoms with van der Waals surface area (Å²) in [6, 6.07) is 30.9. The highest BCUT2D eigenvalue weighted by Gasteiger charge is 2.39. The number of alkyl carbamates (subject to hydrolysis) is 2. The minimum absolute atomic E-state index is 0.00120. The second-order valence-electron chi connectivity index (χ2n) is 15.9. The highest BCUT2D eigenvalue weighted by molar-refractivity contribution is 8.00.